The summed E-state index contributed by atoms with van der Waals surface area (Å²) in [6.07, 6.45) is 6.20. The van der Waals surface area contributed by atoms with Crippen LogP contribution in [0.4, 0.5) is 0 Å². The molecule has 1 saturated heterocycles. The molecular weight excluding hydrogens is 500 g/mol. The van der Waals surface area contributed by atoms with E-state index in [1.54, 1.807) is 23.8 Å². The summed E-state index contributed by atoms with van der Waals surface area (Å²) < 4.78 is 6.16. The van der Waals surface area contributed by atoms with E-state index in [9.17, 15) is 9.59 Å². The number of hydrogen-bond acceptors (Lipinski definition) is 4. The number of benzene rings is 2. The first-order valence-electron chi connectivity index (χ1n) is 11.3. The highest BCUT2D eigenvalue weighted by Gasteiger charge is 2.41. The molecule has 1 heterocycles. The maximum atomic E-state index is 13.5. The second-order valence-electron chi connectivity index (χ2n) is 8.54. The van der Waals surface area contributed by atoms with Crippen molar-refractivity contribution in [1.82, 2.24) is 10.2 Å². The number of thioether (sulfide) groups is 1. The first-order chi connectivity index (χ1) is 16.0. The van der Waals surface area contributed by atoms with Crippen molar-refractivity contribution in [2.75, 3.05) is 13.7 Å². The molecule has 1 aliphatic heterocycles. The number of ether oxygens (including phenoxy) is 1. The minimum atomic E-state index is -0.123. The average molecular weight is 530 g/mol. The maximum Gasteiger partial charge on any atom is 0.261 e. The predicted octanol–water partition coefficient (Wildman–Crippen LogP) is 5.56. The van der Waals surface area contributed by atoms with Gasteiger partial charge in [0.2, 0.25) is 5.91 Å². The lowest BCUT2D eigenvalue weighted by molar-refractivity contribution is -0.135. The summed E-state index contributed by atoms with van der Waals surface area (Å²) in [5.74, 6) is 0.568. The molecule has 3 unspecified atom stereocenters. The van der Waals surface area contributed by atoms with Crippen LogP contribution in [0.3, 0.4) is 0 Å². The number of methoxy groups -OCH3 is 1. The molecular formula is C26H29BrN2O3S. The van der Waals surface area contributed by atoms with Gasteiger partial charge in [0, 0.05) is 11.3 Å². The third-order valence-corrected chi connectivity index (χ3v) is 8.30. The quantitative estimate of drug-likeness (QED) is 0.498. The minimum Gasteiger partial charge on any atom is -0.496 e. The van der Waals surface area contributed by atoms with Gasteiger partial charge in [-0.2, -0.15) is 0 Å². The van der Waals surface area contributed by atoms with Crippen LogP contribution in [0, 0.1) is 0 Å². The SMILES string of the molecule is COc1ccc(/C=C2/SC3CCCCC3N(CC(=O)NC(C)c3ccccc3)C2=O)cc1Br. The van der Waals surface area contributed by atoms with Crippen molar-refractivity contribution in [1.29, 1.82) is 0 Å². The molecule has 1 saturated carbocycles. The molecule has 33 heavy (non-hydrogen) atoms. The van der Waals surface area contributed by atoms with E-state index >= 15 is 0 Å². The molecule has 174 valence electrons. The highest BCUT2D eigenvalue weighted by Crippen LogP contribution is 2.42. The predicted molar refractivity (Wildman–Crippen MR) is 137 cm³/mol. The minimum absolute atomic E-state index is 0.0578. The standard InChI is InChI=1S/C26H29BrN2O3S/c1-17(19-8-4-3-5-9-19)28-25(30)16-29-21-10-6-7-11-23(21)33-24(26(29)31)15-18-12-13-22(32-2)20(27)14-18/h3-5,8-9,12-15,17,21,23H,6-7,10-11,16H2,1-2H3,(H,28,30)/b24-15+. The van der Waals surface area contributed by atoms with Crippen molar-refractivity contribution in [2.45, 2.75) is 49.9 Å². The van der Waals surface area contributed by atoms with Gasteiger partial charge in [0.25, 0.3) is 5.91 Å². The van der Waals surface area contributed by atoms with E-state index < -0.39 is 0 Å². The zero-order valence-electron chi connectivity index (χ0n) is 18.9. The molecule has 7 heteroatoms. The van der Waals surface area contributed by atoms with Crippen LogP contribution in [0.2, 0.25) is 0 Å². The van der Waals surface area contributed by atoms with Gasteiger partial charge in [-0.25, -0.2) is 0 Å². The van der Waals surface area contributed by atoms with Crippen molar-refractivity contribution in [3.05, 3.63) is 69.0 Å². The molecule has 4 rings (SSSR count). The van der Waals surface area contributed by atoms with Crippen LogP contribution in [-0.2, 0) is 9.59 Å². The van der Waals surface area contributed by atoms with Gasteiger partial charge in [0.1, 0.15) is 12.3 Å². The number of carbonyl (C=O) groups excluding carboxylic acids is 2. The maximum absolute atomic E-state index is 13.5. The zero-order valence-corrected chi connectivity index (χ0v) is 21.3. The fourth-order valence-corrected chi connectivity index (χ4v) is 6.58. The van der Waals surface area contributed by atoms with Gasteiger partial charge in [-0.1, -0.05) is 49.2 Å². The molecule has 2 aliphatic rings. The Balaban J connectivity index is 1.53. The second-order valence-corrected chi connectivity index (χ2v) is 10.7. The van der Waals surface area contributed by atoms with E-state index in [-0.39, 0.29) is 30.4 Å². The molecule has 1 aliphatic carbocycles. The number of amides is 2. The zero-order chi connectivity index (χ0) is 23.4. The van der Waals surface area contributed by atoms with Gasteiger partial charge in [-0.3, -0.25) is 9.59 Å². The van der Waals surface area contributed by atoms with Crippen LogP contribution in [0.15, 0.2) is 57.9 Å². The fraction of sp³-hybridized carbons (Fsp3) is 0.385. The van der Waals surface area contributed by atoms with Crippen molar-refractivity contribution < 1.29 is 14.3 Å². The summed E-state index contributed by atoms with van der Waals surface area (Å²) in [6.45, 7) is 2.05. The van der Waals surface area contributed by atoms with E-state index in [1.165, 1.54) is 0 Å². The summed E-state index contributed by atoms with van der Waals surface area (Å²) in [6, 6.07) is 15.7. The fourth-order valence-electron chi connectivity index (χ4n) is 4.55. The van der Waals surface area contributed by atoms with Gasteiger partial charge in [-0.15, -0.1) is 11.8 Å². The first-order valence-corrected chi connectivity index (χ1v) is 13.0. The molecule has 0 spiro atoms. The smallest absolute Gasteiger partial charge is 0.261 e. The molecule has 0 bridgehead atoms. The number of rotatable bonds is 6. The summed E-state index contributed by atoms with van der Waals surface area (Å²) in [7, 11) is 1.63. The molecule has 2 aromatic carbocycles. The van der Waals surface area contributed by atoms with Crippen LogP contribution < -0.4 is 10.1 Å². The molecule has 2 aromatic rings. The third-order valence-electron chi connectivity index (χ3n) is 6.28. The molecule has 5 nitrogen and oxygen atoms in total. The highest BCUT2D eigenvalue weighted by molar-refractivity contribution is 9.10. The van der Waals surface area contributed by atoms with Crippen LogP contribution in [0.5, 0.6) is 5.75 Å². The number of fused-ring (bicyclic) bond motifs is 1. The Morgan fingerprint density at radius 3 is 2.73 bits per heavy atom. The Kier molecular flexibility index (Phi) is 7.81. The largest absolute Gasteiger partial charge is 0.496 e. The van der Waals surface area contributed by atoms with E-state index in [0.29, 0.717) is 10.2 Å². The monoisotopic (exact) mass is 528 g/mol. The average Bonchev–Trinajstić information content (AvgIpc) is 2.82. The number of halogens is 1. The normalized spacial score (nSPS) is 22.6. The van der Waals surface area contributed by atoms with E-state index in [0.717, 1.165) is 47.0 Å². The summed E-state index contributed by atoms with van der Waals surface area (Å²) in [5.41, 5.74) is 1.97. The summed E-state index contributed by atoms with van der Waals surface area (Å²) >= 11 is 5.19. The summed E-state index contributed by atoms with van der Waals surface area (Å²) in [4.78, 5) is 28.9. The number of carbonyl (C=O) groups is 2. The van der Waals surface area contributed by atoms with Gasteiger partial charge in [-0.05, 0) is 65.0 Å². The van der Waals surface area contributed by atoms with Gasteiger partial charge in [0.15, 0.2) is 0 Å². The topological polar surface area (TPSA) is 58.6 Å². The van der Waals surface area contributed by atoms with Gasteiger partial charge < -0.3 is 15.0 Å². The van der Waals surface area contributed by atoms with Crippen molar-refractivity contribution in [3.63, 3.8) is 0 Å². The Morgan fingerprint density at radius 1 is 1.24 bits per heavy atom. The number of nitrogens with one attached hydrogen (secondary N) is 1. The Morgan fingerprint density at radius 2 is 2.00 bits per heavy atom. The number of nitrogens with zero attached hydrogens (tertiary/aromatic N) is 1. The van der Waals surface area contributed by atoms with Crippen molar-refractivity contribution in [2.24, 2.45) is 0 Å². The second kappa shape index (κ2) is 10.8. The molecule has 0 aromatic heterocycles. The lowest BCUT2D eigenvalue weighted by Gasteiger charge is -2.44. The third kappa shape index (κ3) is 5.64. The van der Waals surface area contributed by atoms with Gasteiger partial charge >= 0.3 is 0 Å². The number of hydrogen-bond donors (Lipinski definition) is 1. The van der Waals surface area contributed by atoms with E-state index in [1.807, 2.05) is 61.5 Å². The lowest BCUT2D eigenvalue weighted by atomic mass is 9.93. The van der Waals surface area contributed by atoms with Crippen molar-refractivity contribution in [3.8, 4) is 5.75 Å². The Bertz CT molecular complexity index is 1040. The van der Waals surface area contributed by atoms with Crippen LogP contribution in [0.25, 0.3) is 6.08 Å². The molecule has 3 atom stereocenters. The van der Waals surface area contributed by atoms with E-state index in [4.69, 9.17) is 4.74 Å². The van der Waals surface area contributed by atoms with Crippen LogP contribution in [-0.4, -0.2) is 41.7 Å². The first kappa shape index (κ1) is 23.9. The Labute approximate surface area is 208 Å². The Hall–Kier alpha value is -2.25. The molecule has 2 fully saturated rings. The lowest BCUT2D eigenvalue weighted by Crippen LogP contribution is -2.54. The van der Waals surface area contributed by atoms with Gasteiger partial charge in [0.05, 0.1) is 22.5 Å². The summed E-state index contributed by atoms with van der Waals surface area (Å²) in [5, 5.41) is 3.39. The van der Waals surface area contributed by atoms with Crippen LogP contribution in [0.1, 0.15) is 49.8 Å². The highest BCUT2D eigenvalue weighted by atomic mass is 79.9. The molecule has 0 radical (unpaired) electrons. The van der Waals surface area contributed by atoms with E-state index in [2.05, 4.69) is 21.2 Å². The molecule has 2 amide bonds. The van der Waals surface area contributed by atoms with Crippen LogP contribution >= 0.6 is 27.7 Å². The van der Waals surface area contributed by atoms with Crippen molar-refractivity contribution >= 4 is 45.6 Å². The molecule has 1 N–H and O–H groups in total.